The van der Waals surface area contributed by atoms with Crippen molar-refractivity contribution in [1.29, 1.82) is 0 Å². The van der Waals surface area contributed by atoms with Crippen LogP contribution in [0.15, 0.2) is 71.6 Å². The van der Waals surface area contributed by atoms with Crippen molar-refractivity contribution in [3.63, 3.8) is 0 Å². The van der Waals surface area contributed by atoms with Gasteiger partial charge in [-0.25, -0.2) is 8.42 Å². The van der Waals surface area contributed by atoms with Gasteiger partial charge in [-0.2, -0.15) is 0 Å². The summed E-state index contributed by atoms with van der Waals surface area (Å²) < 4.78 is 34.3. The maximum atomic E-state index is 14.0. The maximum absolute atomic E-state index is 14.0. The minimum atomic E-state index is -4.11. The highest BCUT2D eigenvalue weighted by Gasteiger charge is 2.32. The minimum absolute atomic E-state index is 0.0838. The number of ether oxygens (including phenoxy) is 1. The zero-order valence-electron chi connectivity index (χ0n) is 24.1. The second-order valence-electron chi connectivity index (χ2n) is 10.0. The fourth-order valence-corrected chi connectivity index (χ4v) is 5.76. The highest BCUT2D eigenvalue weighted by molar-refractivity contribution is 7.92. The highest BCUT2D eigenvalue weighted by Crippen LogP contribution is 2.27. The molecule has 0 bridgehead atoms. The van der Waals surface area contributed by atoms with Crippen molar-refractivity contribution in [3.05, 3.63) is 89.0 Å². The maximum Gasteiger partial charge on any atom is 0.264 e. The zero-order valence-corrected chi connectivity index (χ0v) is 24.9. The second kappa shape index (κ2) is 13.5. The topological polar surface area (TPSA) is 96.0 Å². The lowest BCUT2D eigenvalue weighted by molar-refractivity contribution is -0.139. The average Bonchev–Trinajstić information content (AvgIpc) is 2.92. The summed E-state index contributed by atoms with van der Waals surface area (Å²) in [5.74, 6) is -0.131. The number of hydrogen-bond donors (Lipinski definition) is 1. The number of hydrogen-bond acceptors (Lipinski definition) is 5. The summed E-state index contributed by atoms with van der Waals surface area (Å²) in [5.41, 5.74) is 3.83. The molecule has 9 heteroatoms. The van der Waals surface area contributed by atoms with Gasteiger partial charge < -0.3 is 15.0 Å². The molecule has 1 atom stereocenters. The minimum Gasteiger partial charge on any atom is -0.497 e. The Morgan fingerprint density at radius 3 is 2.05 bits per heavy atom. The van der Waals surface area contributed by atoms with E-state index in [9.17, 15) is 18.0 Å². The van der Waals surface area contributed by atoms with Crippen LogP contribution in [0.5, 0.6) is 5.75 Å². The number of aryl methyl sites for hydroxylation is 3. The van der Waals surface area contributed by atoms with E-state index in [1.165, 1.54) is 4.90 Å². The van der Waals surface area contributed by atoms with E-state index in [0.717, 1.165) is 33.0 Å². The lowest BCUT2D eigenvalue weighted by Crippen LogP contribution is -2.51. The molecule has 214 valence electrons. The van der Waals surface area contributed by atoms with Gasteiger partial charge >= 0.3 is 0 Å². The number of rotatable bonds is 12. The number of carbonyl (C=O) groups is 2. The summed E-state index contributed by atoms with van der Waals surface area (Å²) in [6.07, 6.45) is 0.750. The van der Waals surface area contributed by atoms with Crippen LogP contribution in [0.3, 0.4) is 0 Å². The van der Waals surface area contributed by atoms with Crippen molar-refractivity contribution in [3.8, 4) is 5.75 Å². The molecule has 0 aliphatic carbocycles. The second-order valence-corrected chi connectivity index (χ2v) is 11.9. The molecule has 2 amide bonds. The predicted molar refractivity (Wildman–Crippen MR) is 158 cm³/mol. The van der Waals surface area contributed by atoms with Crippen LogP contribution < -0.4 is 14.4 Å². The molecule has 0 aromatic heterocycles. The van der Waals surface area contributed by atoms with Crippen LogP contribution in [0.4, 0.5) is 5.69 Å². The van der Waals surface area contributed by atoms with Gasteiger partial charge in [-0.05, 0) is 87.2 Å². The molecule has 0 radical (unpaired) electrons. The molecule has 8 nitrogen and oxygen atoms in total. The van der Waals surface area contributed by atoms with Crippen molar-refractivity contribution in [2.75, 3.05) is 24.5 Å². The van der Waals surface area contributed by atoms with Crippen LogP contribution in [0.1, 0.15) is 42.5 Å². The molecule has 3 rings (SSSR count). The Labute approximate surface area is 238 Å². The lowest BCUT2D eigenvalue weighted by Gasteiger charge is -2.32. The normalized spacial score (nSPS) is 11.9. The van der Waals surface area contributed by atoms with Gasteiger partial charge in [-0.15, -0.1) is 0 Å². The van der Waals surface area contributed by atoms with Gasteiger partial charge in [0, 0.05) is 13.1 Å². The third-order valence-electron chi connectivity index (χ3n) is 6.61. The number of carbonyl (C=O) groups excluding carboxylic acids is 2. The summed E-state index contributed by atoms with van der Waals surface area (Å²) in [6, 6.07) is 18.3. The van der Waals surface area contributed by atoms with E-state index in [-0.39, 0.29) is 17.3 Å². The Morgan fingerprint density at radius 1 is 0.900 bits per heavy atom. The van der Waals surface area contributed by atoms with E-state index in [0.29, 0.717) is 18.0 Å². The van der Waals surface area contributed by atoms with Crippen molar-refractivity contribution in [2.24, 2.45) is 0 Å². The van der Waals surface area contributed by atoms with Crippen LogP contribution in [0, 0.1) is 20.8 Å². The highest BCUT2D eigenvalue weighted by atomic mass is 32.2. The number of amides is 2. The number of sulfonamides is 1. The van der Waals surface area contributed by atoms with Gasteiger partial charge in [0.05, 0.1) is 17.7 Å². The third-order valence-corrected chi connectivity index (χ3v) is 8.40. The predicted octanol–water partition coefficient (Wildman–Crippen LogP) is 4.76. The Balaban J connectivity index is 2.04. The van der Waals surface area contributed by atoms with E-state index in [1.54, 1.807) is 62.6 Å². The number of anilines is 1. The zero-order chi connectivity index (χ0) is 29.4. The first-order valence-corrected chi connectivity index (χ1v) is 14.8. The molecule has 3 aromatic carbocycles. The fraction of sp³-hybridized carbons (Fsp3) is 0.355. The molecule has 0 heterocycles. The van der Waals surface area contributed by atoms with Gasteiger partial charge in [0.25, 0.3) is 10.0 Å². The van der Waals surface area contributed by atoms with Crippen LogP contribution in [-0.2, 0) is 26.2 Å². The first-order chi connectivity index (χ1) is 19.0. The van der Waals surface area contributed by atoms with Gasteiger partial charge in [0.1, 0.15) is 18.3 Å². The van der Waals surface area contributed by atoms with E-state index >= 15 is 0 Å². The third kappa shape index (κ3) is 7.63. The molecule has 40 heavy (non-hydrogen) atoms. The van der Waals surface area contributed by atoms with Crippen molar-refractivity contribution in [1.82, 2.24) is 10.2 Å². The SMILES string of the molecule is CCCNC(=O)C(C)N(Cc1ccc(OC)cc1)C(=O)CN(c1cc(C)cc(C)c1)S(=O)(=O)c1ccc(C)cc1. The van der Waals surface area contributed by atoms with Crippen LogP contribution >= 0.6 is 0 Å². The van der Waals surface area contributed by atoms with Crippen molar-refractivity contribution in [2.45, 2.75) is 58.5 Å². The molecule has 0 fully saturated rings. The standard InChI is InChI=1S/C31H39N3O5S/c1-7-16-32-31(36)25(5)33(20-26-10-12-28(39-6)13-11-26)30(35)21-34(27-18-23(3)17-24(4)19-27)40(37,38)29-14-8-22(2)9-15-29/h8-15,17-19,25H,7,16,20-21H2,1-6H3,(H,32,36). The summed E-state index contributed by atoms with van der Waals surface area (Å²) in [5, 5.41) is 2.85. The monoisotopic (exact) mass is 565 g/mol. The average molecular weight is 566 g/mol. The number of methoxy groups -OCH3 is 1. The molecule has 0 aliphatic heterocycles. The largest absolute Gasteiger partial charge is 0.497 e. The van der Waals surface area contributed by atoms with Crippen LogP contribution in [0.2, 0.25) is 0 Å². The Morgan fingerprint density at radius 2 is 1.50 bits per heavy atom. The van der Waals surface area contributed by atoms with Crippen molar-refractivity contribution >= 4 is 27.5 Å². The quantitative estimate of drug-likeness (QED) is 0.342. The molecule has 1 unspecified atom stereocenters. The van der Waals surface area contributed by atoms with Gasteiger partial charge in [-0.3, -0.25) is 13.9 Å². The summed E-state index contributed by atoms with van der Waals surface area (Å²) in [7, 11) is -2.54. The molecule has 1 N–H and O–H groups in total. The molecule has 0 saturated heterocycles. The van der Waals surface area contributed by atoms with Crippen molar-refractivity contribution < 1.29 is 22.7 Å². The number of nitrogens with one attached hydrogen (secondary N) is 1. The molecule has 0 aliphatic rings. The Kier molecular flexibility index (Phi) is 10.3. The fourth-order valence-electron chi connectivity index (χ4n) is 4.37. The molecule has 3 aromatic rings. The summed E-state index contributed by atoms with van der Waals surface area (Å²) in [4.78, 5) is 28.5. The molecule has 0 saturated carbocycles. The van der Waals surface area contributed by atoms with Gasteiger partial charge in [0.2, 0.25) is 11.8 Å². The van der Waals surface area contributed by atoms with Crippen LogP contribution in [0.25, 0.3) is 0 Å². The van der Waals surface area contributed by atoms with E-state index in [4.69, 9.17) is 4.74 Å². The number of benzene rings is 3. The van der Waals surface area contributed by atoms with Crippen LogP contribution in [-0.4, -0.2) is 51.4 Å². The Hall–Kier alpha value is -3.85. The summed E-state index contributed by atoms with van der Waals surface area (Å²) >= 11 is 0. The smallest absolute Gasteiger partial charge is 0.264 e. The first-order valence-electron chi connectivity index (χ1n) is 13.3. The van der Waals surface area contributed by atoms with Gasteiger partial charge in [-0.1, -0.05) is 42.8 Å². The van der Waals surface area contributed by atoms with E-state index in [2.05, 4.69) is 5.32 Å². The summed E-state index contributed by atoms with van der Waals surface area (Å²) in [6.45, 7) is 9.37. The van der Waals surface area contributed by atoms with E-state index in [1.807, 2.05) is 45.9 Å². The Bertz CT molecular complexity index is 1400. The molecule has 0 spiro atoms. The molecular weight excluding hydrogens is 526 g/mol. The first kappa shape index (κ1) is 30.7. The number of nitrogens with zero attached hydrogens (tertiary/aromatic N) is 2. The lowest BCUT2D eigenvalue weighted by atomic mass is 10.1. The van der Waals surface area contributed by atoms with Gasteiger partial charge in [0.15, 0.2) is 0 Å². The molecular formula is C31H39N3O5S. The van der Waals surface area contributed by atoms with E-state index < -0.39 is 28.5 Å².